The highest BCUT2D eigenvalue weighted by Crippen LogP contribution is 2.33. The van der Waals surface area contributed by atoms with E-state index in [0.717, 1.165) is 12.1 Å². The fourth-order valence-electron chi connectivity index (χ4n) is 3.80. The number of urea groups is 1. The van der Waals surface area contributed by atoms with Gasteiger partial charge in [0.15, 0.2) is 0 Å². The highest BCUT2D eigenvalue weighted by molar-refractivity contribution is 5.95. The number of aryl methyl sites for hydroxylation is 1. The van der Waals surface area contributed by atoms with Crippen molar-refractivity contribution in [2.45, 2.75) is 19.3 Å². The van der Waals surface area contributed by atoms with Crippen molar-refractivity contribution in [3.63, 3.8) is 0 Å². The zero-order chi connectivity index (χ0) is 22.4. The van der Waals surface area contributed by atoms with E-state index in [9.17, 15) is 14.4 Å². The number of hydrogen-bond acceptors (Lipinski definition) is 4. The van der Waals surface area contributed by atoms with Gasteiger partial charge in [-0.15, -0.1) is 0 Å². The maximum Gasteiger partial charge on any atom is 0.319 e. The van der Waals surface area contributed by atoms with Crippen LogP contribution in [0, 0.1) is 12.8 Å². The molecule has 5 N–H and O–H groups in total. The van der Waals surface area contributed by atoms with Gasteiger partial charge in [0.05, 0.1) is 5.92 Å². The van der Waals surface area contributed by atoms with Gasteiger partial charge in [-0.05, 0) is 37.7 Å². The highest BCUT2D eigenvalue weighted by Gasteiger charge is 2.37. The Balaban J connectivity index is 1.63. The van der Waals surface area contributed by atoms with E-state index in [1.54, 1.807) is 24.3 Å². The summed E-state index contributed by atoms with van der Waals surface area (Å²) in [6, 6.07) is 14.9. The second-order valence-corrected chi connectivity index (χ2v) is 8.01. The molecule has 0 bridgehead atoms. The average Bonchev–Trinajstić information content (AvgIpc) is 3.10. The quantitative estimate of drug-likeness (QED) is 0.547. The first-order chi connectivity index (χ1) is 14.8. The smallest absolute Gasteiger partial charge is 0.319 e. The molecule has 8 heteroatoms. The van der Waals surface area contributed by atoms with Crippen LogP contribution >= 0.6 is 0 Å². The van der Waals surface area contributed by atoms with Crippen LogP contribution in [0.2, 0.25) is 0 Å². The molecule has 164 valence electrons. The molecule has 31 heavy (non-hydrogen) atoms. The molecule has 0 spiro atoms. The summed E-state index contributed by atoms with van der Waals surface area (Å²) in [7, 11) is 2.02. The summed E-state index contributed by atoms with van der Waals surface area (Å²) in [5.41, 5.74) is 8.56. The normalized spacial score (nSPS) is 18.4. The molecule has 1 heterocycles. The molecule has 0 aliphatic carbocycles. The van der Waals surface area contributed by atoms with Crippen LogP contribution in [0.15, 0.2) is 48.5 Å². The molecule has 2 aromatic carbocycles. The average molecular weight is 424 g/mol. The van der Waals surface area contributed by atoms with E-state index in [1.165, 1.54) is 5.56 Å². The van der Waals surface area contributed by atoms with Crippen molar-refractivity contribution < 1.29 is 14.4 Å². The van der Waals surface area contributed by atoms with E-state index in [1.807, 2.05) is 14.0 Å². The third-order valence-electron chi connectivity index (χ3n) is 5.39. The van der Waals surface area contributed by atoms with Crippen LogP contribution in [0.25, 0.3) is 0 Å². The maximum atomic E-state index is 13.1. The minimum Gasteiger partial charge on any atom is -0.370 e. The van der Waals surface area contributed by atoms with Crippen molar-refractivity contribution in [3.8, 4) is 0 Å². The molecule has 2 atom stereocenters. The van der Waals surface area contributed by atoms with E-state index in [-0.39, 0.29) is 30.7 Å². The van der Waals surface area contributed by atoms with E-state index in [2.05, 4.69) is 45.1 Å². The summed E-state index contributed by atoms with van der Waals surface area (Å²) in [5.74, 6) is -0.561. The van der Waals surface area contributed by atoms with Gasteiger partial charge in [-0.25, -0.2) is 4.79 Å². The molecule has 4 amide bonds. The molecular weight excluding hydrogens is 394 g/mol. The first-order valence-corrected chi connectivity index (χ1v) is 10.3. The van der Waals surface area contributed by atoms with Gasteiger partial charge in [0, 0.05) is 43.3 Å². The number of primary amides is 1. The van der Waals surface area contributed by atoms with Gasteiger partial charge >= 0.3 is 6.03 Å². The molecular formula is C23H29N5O3. The summed E-state index contributed by atoms with van der Waals surface area (Å²) in [5, 5.41) is 8.23. The molecule has 0 aromatic heterocycles. The van der Waals surface area contributed by atoms with E-state index in [4.69, 9.17) is 5.73 Å². The molecule has 1 aliphatic heterocycles. The van der Waals surface area contributed by atoms with E-state index < -0.39 is 11.9 Å². The Morgan fingerprint density at radius 3 is 2.39 bits per heavy atom. The first kappa shape index (κ1) is 22.3. The number of amides is 4. The lowest BCUT2D eigenvalue weighted by atomic mass is 9.88. The number of carbonyl (C=O) groups is 3. The Morgan fingerprint density at radius 1 is 1.03 bits per heavy atom. The summed E-state index contributed by atoms with van der Waals surface area (Å²) >= 11 is 0. The van der Waals surface area contributed by atoms with Gasteiger partial charge in [-0.3, -0.25) is 9.59 Å². The van der Waals surface area contributed by atoms with Crippen molar-refractivity contribution in [1.82, 2.24) is 10.2 Å². The van der Waals surface area contributed by atoms with E-state index >= 15 is 0 Å². The van der Waals surface area contributed by atoms with Crippen LogP contribution in [0.3, 0.4) is 0 Å². The fraction of sp³-hybridized carbons (Fsp3) is 0.348. The molecule has 8 nitrogen and oxygen atoms in total. The maximum absolute atomic E-state index is 13.1. The molecule has 1 saturated heterocycles. The number of hydrogen-bond donors (Lipinski definition) is 4. The lowest BCUT2D eigenvalue weighted by Crippen LogP contribution is -2.31. The summed E-state index contributed by atoms with van der Waals surface area (Å²) in [6.07, 6.45) is 0.0709. The predicted molar refractivity (Wildman–Crippen MR) is 121 cm³/mol. The third-order valence-corrected chi connectivity index (χ3v) is 5.39. The minimum absolute atomic E-state index is 0.0435. The van der Waals surface area contributed by atoms with Crippen molar-refractivity contribution in [1.29, 1.82) is 0 Å². The Kier molecular flexibility index (Phi) is 7.25. The lowest BCUT2D eigenvalue weighted by molar-refractivity contribution is -0.120. The predicted octanol–water partition coefficient (Wildman–Crippen LogP) is 2.28. The zero-order valence-corrected chi connectivity index (χ0v) is 17.9. The number of anilines is 2. The summed E-state index contributed by atoms with van der Waals surface area (Å²) in [4.78, 5) is 37.9. The lowest BCUT2D eigenvalue weighted by Gasteiger charge is -2.19. The molecule has 1 aliphatic rings. The number of nitrogens with two attached hydrogens (primary N) is 1. The standard InChI is InChI=1S/C23H29N5O3/c1-15-6-8-16(9-7-15)19-13-28(2)14-20(19)22(30)26-17-4-3-5-18(12-17)27-23(31)25-11-10-21(24)29/h3-9,12,19-20H,10-11,13-14H2,1-2H3,(H2,24,29)(H,26,30)(H2,25,27,31)/t19-,20+/m0/s1. The topological polar surface area (TPSA) is 117 Å². The van der Waals surface area contributed by atoms with Gasteiger partial charge in [0.1, 0.15) is 0 Å². The van der Waals surface area contributed by atoms with Gasteiger partial charge in [-0.1, -0.05) is 35.9 Å². The number of benzene rings is 2. The molecule has 2 aromatic rings. The molecule has 0 saturated carbocycles. The fourth-order valence-corrected chi connectivity index (χ4v) is 3.80. The van der Waals surface area contributed by atoms with Crippen molar-refractivity contribution in [3.05, 3.63) is 59.7 Å². The van der Waals surface area contributed by atoms with Gasteiger partial charge in [-0.2, -0.15) is 0 Å². The highest BCUT2D eigenvalue weighted by atomic mass is 16.2. The second kappa shape index (κ2) is 10.1. The van der Waals surface area contributed by atoms with Gasteiger partial charge in [0.2, 0.25) is 11.8 Å². The first-order valence-electron chi connectivity index (χ1n) is 10.3. The summed E-state index contributed by atoms with van der Waals surface area (Å²) < 4.78 is 0. The van der Waals surface area contributed by atoms with E-state index in [0.29, 0.717) is 17.9 Å². The molecule has 3 rings (SSSR count). The van der Waals surface area contributed by atoms with Crippen LogP contribution in [0.1, 0.15) is 23.5 Å². The Bertz CT molecular complexity index is 944. The second-order valence-electron chi connectivity index (χ2n) is 8.01. The van der Waals surface area contributed by atoms with Crippen LogP contribution in [0.4, 0.5) is 16.2 Å². The number of likely N-dealkylation sites (N-methyl/N-ethyl adjacent to an activating group) is 1. The Hall–Kier alpha value is -3.39. The summed E-state index contributed by atoms with van der Waals surface area (Å²) in [6.45, 7) is 3.72. The number of carbonyl (C=O) groups excluding carboxylic acids is 3. The third kappa shape index (κ3) is 6.29. The van der Waals surface area contributed by atoms with Crippen molar-refractivity contribution in [2.24, 2.45) is 11.7 Å². The Morgan fingerprint density at radius 2 is 1.71 bits per heavy atom. The van der Waals surface area contributed by atoms with Gasteiger partial charge < -0.3 is 26.6 Å². The molecule has 1 fully saturated rings. The largest absolute Gasteiger partial charge is 0.370 e. The van der Waals surface area contributed by atoms with Crippen LogP contribution < -0.4 is 21.7 Å². The van der Waals surface area contributed by atoms with Crippen molar-refractivity contribution >= 4 is 29.2 Å². The van der Waals surface area contributed by atoms with Crippen molar-refractivity contribution in [2.75, 3.05) is 37.3 Å². The molecule has 0 radical (unpaired) electrons. The number of rotatable bonds is 7. The Labute approximate surface area is 182 Å². The number of likely N-dealkylation sites (tertiary alicyclic amines) is 1. The molecule has 0 unspecified atom stereocenters. The number of nitrogens with one attached hydrogen (secondary N) is 3. The SMILES string of the molecule is Cc1ccc([C@@H]2CN(C)C[C@H]2C(=O)Nc2cccc(NC(=O)NCCC(N)=O)c2)cc1. The zero-order valence-electron chi connectivity index (χ0n) is 17.9. The van der Waals surface area contributed by atoms with Gasteiger partial charge in [0.25, 0.3) is 0 Å². The van der Waals surface area contributed by atoms with Crippen LogP contribution in [-0.4, -0.2) is 49.4 Å². The minimum atomic E-state index is -0.480. The monoisotopic (exact) mass is 423 g/mol. The number of nitrogens with zero attached hydrogens (tertiary/aromatic N) is 1. The van der Waals surface area contributed by atoms with Crippen LogP contribution in [0.5, 0.6) is 0 Å². The van der Waals surface area contributed by atoms with Crippen LogP contribution in [-0.2, 0) is 9.59 Å².